The Morgan fingerprint density at radius 2 is 1.04 bits per heavy atom. The third-order valence-corrected chi connectivity index (χ3v) is 9.01. The predicted molar refractivity (Wildman–Crippen MR) is 199 cm³/mol. The van der Waals surface area contributed by atoms with Crippen molar-refractivity contribution in [3.8, 4) is 0 Å². The van der Waals surface area contributed by atoms with Crippen molar-refractivity contribution in [2.24, 2.45) is 0 Å². The molecule has 0 saturated heterocycles. The highest BCUT2D eigenvalue weighted by Crippen LogP contribution is 2.18. The van der Waals surface area contributed by atoms with Crippen molar-refractivity contribution >= 4 is 23.8 Å². The van der Waals surface area contributed by atoms with Crippen LogP contribution in [0.1, 0.15) is 194 Å². The van der Waals surface area contributed by atoms with Gasteiger partial charge in [-0.2, -0.15) is 0 Å². The van der Waals surface area contributed by atoms with Crippen LogP contribution >= 0.6 is 0 Å². The Bertz CT molecular complexity index is 848. The fraction of sp³-hybridized carbons (Fsp3) is 0.850. The molecule has 0 aromatic heterocycles. The topological polar surface area (TPSA) is 142 Å². The van der Waals surface area contributed by atoms with Crippen molar-refractivity contribution in [3.05, 3.63) is 12.2 Å². The van der Waals surface area contributed by atoms with E-state index in [2.05, 4.69) is 36.6 Å². The number of carboxylic acid groups (broad SMARTS) is 1. The Morgan fingerprint density at radius 1 is 0.592 bits per heavy atom. The van der Waals surface area contributed by atoms with Crippen molar-refractivity contribution < 1.29 is 34.1 Å². The number of aliphatic carboxylic acids is 1. The number of hydrogen-bond donors (Lipinski definition) is 4. The lowest BCUT2D eigenvalue weighted by Crippen LogP contribution is -2.47. The maximum Gasteiger partial charge on any atom is 0.328 e. The lowest BCUT2D eigenvalue weighted by Gasteiger charge is -2.18. The molecule has 2 unspecified atom stereocenters. The minimum Gasteiger partial charge on any atom is -0.480 e. The molecule has 0 bridgehead atoms. The number of aliphatic hydroxyl groups is 1. The number of carbonyl (C=O) groups is 4. The summed E-state index contributed by atoms with van der Waals surface area (Å²) in [5, 5.41) is 22.5. The van der Waals surface area contributed by atoms with Crippen LogP contribution < -0.4 is 10.6 Å². The second kappa shape index (κ2) is 35.4. The van der Waals surface area contributed by atoms with Crippen molar-refractivity contribution in [2.75, 3.05) is 13.2 Å². The van der Waals surface area contributed by atoms with Crippen molar-refractivity contribution in [2.45, 2.75) is 206 Å². The summed E-state index contributed by atoms with van der Waals surface area (Å²) in [7, 11) is 0. The van der Waals surface area contributed by atoms with E-state index in [1.165, 1.54) is 109 Å². The number of nitrogens with one attached hydrogen (secondary N) is 2. The van der Waals surface area contributed by atoms with Gasteiger partial charge in [-0.3, -0.25) is 14.4 Å². The molecule has 2 atom stereocenters. The standard InChI is InChI=1S/C40H74N2O7/c1-3-5-7-9-10-11-12-13-14-15-16-17-18-19-20-22-28-32-39(46)49-35(29-25-21-8-6-4-2)30-26-23-24-27-31-37(44)41-33-38(45)42-36(34-43)40(47)48/h13-14,35-36,43H,3-12,15-34H2,1-2H3,(H,41,44)(H,42,45)(H,47,48)/b14-13-. The number of carboxylic acids is 1. The van der Waals surface area contributed by atoms with E-state index in [1.54, 1.807) is 0 Å². The molecule has 0 aliphatic heterocycles. The number of carbonyl (C=O) groups excluding carboxylic acids is 3. The van der Waals surface area contributed by atoms with E-state index in [-0.39, 0.29) is 30.9 Å². The first-order chi connectivity index (χ1) is 23.8. The van der Waals surface area contributed by atoms with Crippen LogP contribution in [0.25, 0.3) is 0 Å². The van der Waals surface area contributed by atoms with E-state index in [0.717, 1.165) is 51.4 Å². The first kappa shape index (κ1) is 46.6. The molecule has 0 aliphatic carbocycles. The Hall–Kier alpha value is -2.42. The lowest BCUT2D eigenvalue weighted by atomic mass is 10.0. The molecule has 0 saturated carbocycles. The fourth-order valence-electron chi connectivity index (χ4n) is 5.89. The molecule has 0 fully saturated rings. The van der Waals surface area contributed by atoms with Crippen LogP contribution in [0.5, 0.6) is 0 Å². The van der Waals surface area contributed by atoms with Gasteiger partial charge in [0.15, 0.2) is 0 Å². The number of rotatable bonds is 36. The normalized spacial score (nSPS) is 12.6. The van der Waals surface area contributed by atoms with E-state index in [9.17, 15) is 19.2 Å². The second-order valence-corrected chi connectivity index (χ2v) is 13.7. The maximum atomic E-state index is 12.6. The molecule has 0 aliphatic rings. The number of ether oxygens (including phenoxy) is 1. The van der Waals surface area contributed by atoms with Gasteiger partial charge < -0.3 is 25.6 Å². The van der Waals surface area contributed by atoms with Crippen molar-refractivity contribution in [3.63, 3.8) is 0 Å². The molecule has 0 aromatic rings. The average Bonchev–Trinajstić information content (AvgIpc) is 3.08. The van der Waals surface area contributed by atoms with Crippen LogP contribution in [0, 0.1) is 0 Å². The largest absolute Gasteiger partial charge is 0.480 e. The molecule has 49 heavy (non-hydrogen) atoms. The van der Waals surface area contributed by atoms with Crippen molar-refractivity contribution in [1.29, 1.82) is 0 Å². The van der Waals surface area contributed by atoms with Gasteiger partial charge in [-0.25, -0.2) is 4.79 Å². The first-order valence-corrected chi connectivity index (χ1v) is 20.1. The van der Waals surface area contributed by atoms with Gasteiger partial charge in [0.2, 0.25) is 11.8 Å². The van der Waals surface area contributed by atoms with Crippen molar-refractivity contribution in [1.82, 2.24) is 10.6 Å². The summed E-state index contributed by atoms with van der Waals surface area (Å²) in [6, 6.07) is -1.38. The highest BCUT2D eigenvalue weighted by atomic mass is 16.5. The van der Waals surface area contributed by atoms with Gasteiger partial charge in [-0.15, -0.1) is 0 Å². The second-order valence-electron chi connectivity index (χ2n) is 13.7. The van der Waals surface area contributed by atoms with E-state index < -0.39 is 24.5 Å². The van der Waals surface area contributed by atoms with Crippen LogP contribution in [-0.2, 0) is 23.9 Å². The molecule has 0 heterocycles. The summed E-state index contributed by atoms with van der Waals surface area (Å²) in [6.07, 6.45) is 35.4. The summed E-state index contributed by atoms with van der Waals surface area (Å²) < 4.78 is 5.94. The van der Waals surface area contributed by atoms with Crippen LogP contribution in [0.4, 0.5) is 0 Å². The Morgan fingerprint density at radius 3 is 1.53 bits per heavy atom. The summed E-state index contributed by atoms with van der Waals surface area (Å²) >= 11 is 0. The number of amides is 2. The number of allylic oxidation sites excluding steroid dienone is 2. The molecule has 9 heteroatoms. The number of aliphatic hydroxyl groups excluding tert-OH is 1. The third-order valence-electron chi connectivity index (χ3n) is 9.01. The summed E-state index contributed by atoms with van der Waals surface area (Å²) in [5.74, 6) is -2.33. The number of hydrogen-bond acceptors (Lipinski definition) is 6. The molecular weight excluding hydrogens is 620 g/mol. The monoisotopic (exact) mass is 695 g/mol. The molecular formula is C40H74N2O7. The zero-order valence-corrected chi connectivity index (χ0v) is 31.5. The van der Waals surface area contributed by atoms with Crippen LogP contribution in [-0.4, -0.2) is 59.3 Å². The summed E-state index contributed by atoms with van der Waals surface area (Å²) in [4.78, 5) is 47.3. The Balaban J connectivity index is 4.05. The van der Waals surface area contributed by atoms with E-state index in [0.29, 0.717) is 12.8 Å². The minimum atomic E-state index is -1.38. The summed E-state index contributed by atoms with van der Waals surface area (Å²) in [5.41, 5.74) is 0. The van der Waals surface area contributed by atoms with Gasteiger partial charge in [0.05, 0.1) is 13.2 Å². The predicted octanol–water partition coefficient (Wildman–Crippen LogP) is 9.09. The Labute approximate surface area is 299 Å². The molecule has 0 spiro atoms. The first-order valence-electron chi connectivity index (χ1n) is 20.1. The SMILES string of the molecule is CCCCCCCC/C=C\CCCCCCCCCC(=O)OC(CCCCCCC)CCCCCCC(=O)NCC(=O)NC(CO)C(=O)O. The fourth-order valence-corrected chi connectivity index (χ4v) is 5.89. The summed E-state index contributed by atoms with van der Waals surface area (Å²) in [6.45, 7) is 3.43. The highest BCUT2D eigenvalue weighted by Gasteiger charge is 2.19. The lowest BCUT2D eigenvalue weighted by molar-refractivity contribution is -0.150. The zero-order chi connectivity index (χ0) is 36.2. The smallest absolute Gasteiger partial charge is 0.328 e. The average molecular weight is 695 g/mol. The van der Waals surface area contributed by atoms with Gasteiger partial charge >= 0.3 is 11.9 Å². The third kappa shape index (κ3) is 32.5. The van der Waals surface area contributed by atoms with Gasteiger partial charge in [-0.05, 0) is 64.2 Å². The maximum absolute atomic E-state index is 12.6. The molecule has 0 rings (SSSR count). The van der Waals surface area contributed by atoms with Gasteiger partial charge in [-0.1, -0.05) is 129 Å². The molecule has 0 aromatic carbocycles. The van der Waals surface area contributed by atoms with Gasteiger partial charge in [0.1, 0.15) is 12.1 Å². The Kier molecular flexibility index (Phi) is 33.7. The number of esters is 1. The van der Waals surface area contributed by atoms with Crippen LogP contribution in [0.2, 0.25) is 0 Å². The molecule has 2 amide bonds. The molecule has 4 N–H and O–H groups in total. The number of unbranched alkanes of at least 4 members (excludes halogenated alkanes) is 20. The quantitative estimate of drug-likeness (QED) is 0.0291. The zero-order valence-electron chi connectivity index (χ0n) is 31.5. The van der Waals surface area contributed by atoms with E-state index in [4.69, 9.17) is 14.9 Å². The molecule has 286 valence electrons. The van der Waals surface area contributed by atoms with Gasteiger partial charge in [0.25, 0.3) is 0 Å². The van der Waals surface area contributed by atoms with Gasteiger partial charge in [0, 0.05) is 12.8 Å². The van der Waals surface area contributed by atoms with Crippen LogP contribution in [0.3, 0.4) is 0 Å². The van der Waals surface area contributed by atoms with E-state index >= 15 is 0 Å². The molecule has 0 radical (unpaired) electrons. The molecule has 9 nitrogen and oxygen atoms in total. The minimum absolute atomic E-state index is 0.0377. The van der Waals surface area contributed by atoms with E-state index in [1.807, 2.05) is 0 Å². The highest BCUT2D eigenvalue weighted by molar-refractivity contribution is 5.87. The van der Waals surface area contributed by atoms with Crippen LogP contribution in [0.15, 0.2) is 12.2 Å².